The maximum atomic E-state index is 11.2. The minimum Gasteiger partial charge on any atom is -0.369 e. The van der Waals surface area contributed by atoms with Gasteiger partial charge in [0, 0.05) is 35.4 Å². The average Bonchev–Trinajstić information content (AvgIpc) is 2.97. The molecule has 3 nitrogen and oxygen atoms in total. The lowest BCUT2D eigenvalue weighted by molar-refractivity contribution is 0.112. The topological polar surface area (TPSA) is 23.6 Å². The normalized spacial score (nSPS) is 24.1. The Balaban J connectivity index is 1.71. The number of aldehydes is 1. The molecule has 20 heavy (non-hydrogen) atoms. The minimum absolute atomic E-state index is 0.627. The molecule has 1 aromatic carbocycles. The van der Waals surface area contributed by atoms with Crippen molar-refractivity contribution in [3.63, 3.8) is 0 Å². The smallest absolute Gasteiger partial charge is 0.152 e. The standard InChI is InChI=1S/C16H21ClN2O/c17-14-4-5-16(13(10-14)12-20)19-9-6-15(11-19)18-7-2-1-3-8-18/h4-5,10,12,15H,1-3,6-9,11H2. The largest absolute Gasteiger partial charge is 0.369 e. The third-order valence-electron chi connectivity index (χ3n) is 4.53. The molecule has 2 aliphatic rings. The Morgan fingerprint density at radius 1 is 1.15 bits per heavy atom. The molecule has 0 saturated carbocycles. The number of carbonyl (C=O) groups excluding carboxylic acids is 1. The van der Waals surface area contributed by atoms with Crippen LogP contribution < -0.4 is 4.90 Å². The fourth-order valence-corrected chi connectivity index (χ4v) is 3.63. The lowest BCUT2D eigenvalue weighted by Gasteiger charge is -2.32. The first-order valence-electron chi connectivity index (χ1n) is 7.51. The molecular formula is C16H21ClN2O. The number of nitrogens with zero attached hydrogens (tertiary/aromatic N) is 2. The number of rotatable bonds is 3. The van der Waals surface area contributed by atoms with Gasteiger partial charge in [-0.3, -0.25) is 9.69 Å². The van der Waals surface area contributed by atoms with Crippen LogP contribution in [0.15, 0.2) is 18.2 Å². The van der Waals surface area contributed by atoms with E-state index in [0.29, 0.717) is 16.6 Å². The highest BCUT2D eigenvalue weighted by Crippen LogP contribution is 2.28. The zero-order valence-corrected chi connectivity index (χ0v) is 12.5. The lowest BCUT2D eigenvalue weighted by atomic mass is 10.1. The number of anilines is 1. The molecule has 4 heteroatoms. The van der Waals surface area contributed by atoms with Gasteiger partial charge in [0.2, 0.25) is 0 Å². The van der Waals surface area contributed by atoms with E-state index in [1.54, 1.807) is 6.07 Å². The maximum Gasteiger partial charge on any atom is 0.152 e. The monoisotopic (exact) mass is 292 g/mol. The van der Waals surface area contributed by atoms with Crippen LogP contribution in [0.5, 0.6) is 0 Å². The molecule has 1 unspecified atom stereocenters. The van der Waals surface area contributed by atoms with Crippen LogP contribution in [0.4, 0.5) is 5.69 Å². The Morgan fingerprint density at radius 3 is 2.70 bits per heavy atom. The molecule has 0 amide bonds. The zero-order valence-electron chi connectivity index (χ0n) is 11.7. The zero-order chi connectivity index (χ0) is 13.9. The summed E-state index contributed by atoms with van der Waals surface area (Å²) in [7, 11) is 0. The van der Waals surface area contributed by atoms with Gasteiger partial charge in [-0.1, -0.05) is 18.0 Å². The van der Waals surface area contributed by atoms with Crippen molar-refractivity contribution < 1.29 is 4.79 Å². The quantitative estimate of drug-likeness (QED) is 0.799. The highest BCUT2D eigenvalue weighted by Gasteiger charge is 2.29. The summed E-state index contributed by atoms with van der Waals surface area (Å²) in [6.45, 7) is 4.53. The molecule has 2 aliphatic heterocycles. The summed E-state index contributed by atoms with van der Waals surface area (Å²) < 4.78 is 0. The molecule has 0 bridgehead atoms. The van der Waals surface area contributed by atoms with E-state index in [1.165, 1.54) is 38.8 Å². The number of hydrogen-bond donors (Lipinski definition) is 0. The number of hydrogen-bond acceptors (Lipinski definition) is 3. The molecule has 3 rings (SSSR count). The van der Waals surface area contributed by atoms with Crippen LogP contribution in [0.1, 0.15) is 36.0 Å². The Hall–Kier alpha value is -1.06. The van der Waals surface area contributed by atoms with E-state index in [9.17, 15) is 4.79 Å². The molecule has 1 atom stereocenters. The SMILES string of the molecule is O=Cc1cc(Cl)ccc1N1CCC(N2CCCCC2)C1. The van der Waals surface area contributed by atoms with E-state index < -0.39 is 0 Å². The van der Waals surface area contributed by atoms with E-state index in [1.807, 2.05) is 12.1 Å². The van der Waals surface area contributed by atoms with Crippen LogP contribution in [0.2, 0.25) is 5.02 Å². The molecular weight excluding hydrogens is 272 g/mol. The summed E-state index contributed by atoms with van der Waals surface area (Å²) in [6, 6.07) is 6.26. The van der Waals surface area contributed by atoms with Crippen molar-refractivity contribution in [2.75, 3.05) is 31.1 Å². The predicted octanol–water partition coefficient (Wildman–Crippen LogP) is 3.22. The van der Waals surface area contributed by atoms with Gasteiger partial charge < -0.3 is 4.90 Å². The van der Waals surface area contributed by atoms with Gasteiger partial charge in [0.05, 0.1) is 0 Å². The Labute approximate surface area is 125 Å². The van der Waals surface area contributed by atoms with Gasteiger partial charge in [0.1, 0.15) is 0 Å². The first-order chi connectivity index (χ1) is 9.78. The minimum atomic E-state index is 0.627. The number of halogens is 1. The fourth-order valence-electron chi connectivity index (χ4n) is 3.45. The van der Waals surface area contributed by atoms with Crippen LogP contribution in [-0.4, -0.2) is 43.4 Å². The molecule has 1 aromatic rings. The van der Waals surface area contributed by atoms with Gasteiger partial charge in [-0.25, -0.2) is 0 Å². The van der Waals surface area contributed by atoms with Crippen LogP contribution in [0.3, 0.4) is 0 Å². The number of piperidine rings is 1. The fraction of sp³-hybridized carbons (Fsp3) is 0.562. The van der Waals surface area contributed by atoms with Crippen LogP contribution in [0.25, 0.3) is 0 Å². The van der Waals surface area contributed by atoms with Crippen molar-refractivity contribution in [1.29, 1.82) is 0 Å². The summed E-state index contributed by atoms with van der Waals surface area (Å²) in [4.78, 5) is 16.2. The predicted molar refractivity (Wildman–Crippen MR) is 82.9 cm³/mol. The summed E-state index contributed by atoms with van der Waals surface area (Å²) in [5.74, 6) is 0. The van der Waals surface area contributed by atoms with Gasteiger partial charge in [-0.05, 0) is 50.6 Å². The molecule has 108 valence electrons. The molecule has 0 aromatic heterocycles. The van der Waals surface area contributed by atoms with Crippen molar-refractivity contribution in [3.05, 3.63) is 28.8 Å². The molecule has 2 saturated heterocycles. The van der Waals surface area contributed by atoms with Crippen molar-refractivity contribution in [1.82, 2.24) is 4.90 Å². The molecule has 0 N–H and O–H groups in total. The maximum absolute atomic E-state index is 11.2. The number of benzene rings is 1. The summed E-state index contributed by atoms with van der Waals surface area (Å²) in [5.41, 5.74) is 1.74. The molecule has 0 aliphatic carbocycles. The second-order valence-electron chi connectivity index (χ2n) is 5.81. The van der Waals surface area contributed by atoms with Crippen LogP contribution in [-0.2, 0) is 0 Å². The molecule has 2 fully saturated rings. The summed E-state index contributed by atoms with van der Waals surface area (Å²) in [6.07, 6.45) is 6.14. The van der Waals surface area contributed by atoms with Crippen molar-refractivity contribution in [2.24, 2.45) is 0 Å². The molecule has 0 radical (unpaired) electrons. The van der Waals surface area contributed by atoms with Crippen LogP contribution in [0, 0.1) is 0 Å². The van der Waals surface area contributed by atoms with Crippen molar-refractivity contribution in [2.45, 2.75) is 31.7 Å². The first kappa shape index (κ1) is 13.9. The third kappa shape index (κ3) is 2.84. The van der Waals surface area contributed by atoms with Gasteiger partial charge in [-0.2, -0.15) is 0 Å². The van der Waals surface area contributed by atoms with E-state index >= 15 is 0 Å². The Morgan fingerprint density at radius 2 is 1.95 bits per heavy atom. The van der Waals surface area contributed by atoms with E-state index in [0.717, 1.165) is 25.1 Å². The average molecular weight is 293 g/mol. The van der Waals surface area contributed by atoms with E-state index in [2.05, 4.69) is 9.80 Å². The van der Waals surface area contributed by atoms with Gasteiger partial charge >= 0.3 is 0 Å². The lowest BCUT2D eigenvalue weighted by Crippen LogP contribution is -2.40. The van der Waals surface area contributed by atoms with Crippen molar-refractivity contribution >= 4 is 23.6 Å². The molecule has 0 spiro atoms. The molecule has 2 heterocycles. The van der Waals surface area contributed by atoms with E-state index in [4.69, 9.17) is 11.6 Å². The highest BCUT2D eigenvalue weighted by molar-refractivity contribution is 6.31. The van der Waals surface area contributed by atoms with Crippen LogP contribution >= 0.6 is 11.6 Å². The second-order valence-corrected chi connectivity index (χ2v) is 6.24. The van der Waals surface area contributed by atoms with Crippen molar-refractivity contribution in [3.8, 4) is 0 Å². The van der Waals surface area contributed by atoms with E-state index in [-0.39, 0.29) is 0 Å². The summed E-state index contributed by atoms with van der Waals surface area (Å²) >= 11 is 5.97. The van der Waals surface area contributed by atoms with Gasteiger partial charge in [0.25, 0.3) is 0 Å². The highest BCUT2D eigenvalue weighted by atomic mass is 35.5. The third-order valence-corrected chi connectivity index (χ3v) is 4.76. The number of carbonyl (C=O) groups is 1. The first-order valence-corrected chi connectivity index (χ1v) is 7.89. The number of likely N-dealkylation sites (tertiary alicyclic amines) is 1. The Bertz CT molecular complexity index is 485. The summed E-state index contributed by atoms with van der Waals surface area (Å²) in [5, 5.41) is 0.627. The van der Waals surface area contributed by atoms with Gasteiger partial charge in [-0.15, -0.1) is 0 Å². The second kappa shape index (κ2) is 6.15. The Kier molecular flexibility index (Phi) is 4.27. The van der Waals surface area contributed by atoms with Gasteiger partial charge in [0.15, 0.2) is 6.29 Å².